The molecule has 27 heavy (non-hydrogen) atoms. The molecule has 3 aromatic rings. The van der Waals surface area contributed by atoms with E-state index in [4.69, 9.17) is 4.52 Å². The van der Waals surface area contributed by atoms with Gasteiger partial charge in [-0.2, -0.15) is 4.98 Å². The number of nitrogens with zero attached hydrogens (tertiary/aromatic N) is 2. The molecule has 0 amide bonds. The van der Waals surface area contributed by atoms with Crippen LogP contribution in [0.3, 0.4) is 0 Å². The second-order valence-electron chi connectivity index (χ2n) is 7.82. The molecule has 4 nitrogen and oxygen atoms in total. The fourth-order valence-corrected chi connectivity index (χ4v) is 3.72. The molecule has 1 fully saturated rings. The van der Waals surface area contributed by atoms with Crippen LogP contribution in [0.5, 0.6) is 0 Å². The second-order valence-corrected chi connectivity index (χ2v) is 7.82. The molecule has 4 heteroatoms. The summed E-state index contributed by atoms with van der Waals surface area (Å²) in [5.74, 6) is 2.48. The molecule has 1 saturated carbocycles. The average molecular weight is 360 g/mol. The third-order valence-electron chi connectivity index (χ3n) is 5.16. The zero-order valence-corrected chi connectivity index (χ0v) is 15.8. The van der Waals surface area contributed by atoms with Crippen molar-refractivity contribution in [3.63, 3.8) is 0 Å². The second kappa shape index (κ2) is 7.47. The van der Waals surface area contributed by atoms with Crippen LogP contribution in [0.25, 0.3) is 22.8 Å². The summed E-state index contributed by atoms with van der Waals surface area (Å²) in [7, 11) is 0. The van der Waals surface area contributed by atoms with E-state index < -0.39 is 0 Å². The molecule has 1 aliphatic carbocycles. The normalized spacial score (nSPS) is 17.0. The van der Waals surface area contributed by atoms with Crippen LogP contribution in [0, 0.1) is 5.92 Å². The molecule has 1 heterocycles. The van der Waals surface area contributed by atoms with Gasteiger partial charge in [0.25, 0.3) is 5.89 Å². The Morgan fingerprint density at radius 3 is 2.37 bits per heavy atom. The number of carbonyl (C=O) groups excluding carboxylic acids is 1. The van der Waals surface area contributed by atoms with Crippen molar-refractivity contribution in [3.05, 3.63) is 59.7 Å². The Labute approximate surface area is 159 Å². The lowest BCUT2D eigenvalue weighted by Gasteiger charge is -2.08. The molecule has 0 aliphatic heterocycles. The standard InChI is InChI=1S/C23H24N2O2/c1-15(2)13-16-3-5-19(6-4-16)23-24-22(25-27-23)18-9-7-17(8-10-18)20-11-12-21(26)14-20/h3-10,15,20H,11-14H2,1-2H3. The summed E-state index contributed by atoms with van der Waals surface area (Å²) in [6.07, 6.45) is 3.39. The molecule has 0 bridgehead atoms. The molecule has 0 spiro atoms. The highest BCUT2D eigenvalue weighted by Crippen LogP contribution is 2.33. The first-order chi connectivity index (χ1) is 13.1. The molecular weight excluding hydrogens is 336 g/mol. The number of ketones is 1. The third kappa shape index (κ3) is 4.00. The first-order valence-electron chi connectivity index (χ1n) is 9.63. The van der Waals surface area contributed by atoms with E-state index in [1.807, 2.05) is 24.3 Å². The van der Waals surface area contributed by atoms with Gasteiger partial charge in [0.2, 0.25) is 5.82 Å². The van der Waals surface area contributed by atoms with Gasteiger partial charge in [0, 0.05) is 24.0 Å². The Morgan fingerprint density at radius 2 is 1.74 bits per heavy atom. The lowest BCUT2D eigenvalue weighted by molar-refractivity contribution is -0.117. The minimum absolute atomic E-state index is 0.358. The van der Waals surface area contributed by atoms with E-state index in [-0.39, 0.29) is 0 Å². The van der Waals surface area contributed by atoms with E-state index in [0.29, 0.717) is 42.2 Å². The van der Waals surface area contributed by atoms with Crippen LogP contribution in [-0.2, 0) is 11.2 Å². The minimum atomic E-state index is 0.358. The SMILES string of the molecule is CC(C)Cc1ccc(-c2nc(-c3ccc(C4CCC(=O)C4)cc3)no2)cc1. The predicted molar refractivity (Wildman–Crippen MR) is 105 cm³/mol. The maximum absolute atomic E-state index is 11.5. The quantitative estimate of drug-likeness (QED) is 0.608. The number of hydrogen-bond donors (Lipinski definition) is 0. The summed E-state index contributed by atoms with van der Waals surface area (Å²) >= 11 is 0. The van der Waals surface area contributed by atoms with Crippen LogP contribution in [0.1, 0.15) is 50.2 Å². The molecule has 0 radical (unpaired) electrons. The van der Waals surface area contributed by atoms with Crippen LogP contribution in [0.2, 0.25) is 0 Å². The molecule has 1 aliphatic rings. The van der Waals surface area contributed by atoms with E-state index in [2.05, 4.69) is 48.3 Å². The Kier molecular flexibility index (Phi) is 4.88. The molecule has 0 saturated heterocycles. The van der Waals surface area contributed by atoms with E-state index in [1.165, 1.54) is 11.1 Å². The zero-order chi connectivity index (χ0) is 18.8. The molecule has 2 aromatic carbocycles. The molecular formula is C23H24N2O2. The molecule has 0 N–H and O–H groups in total. The number of hydrogen-bond acceptors (Lipinski definition) is 4. The van der Waals surface area contributed by atoms with Crippen molar-refractivity contribution in [2.24, 2.45) is 5.92 Å². The number of rotatable bonds is 5. The van der Waals surface area contributed by atoms with Gasteiger partial charge in [-0.15, -0.1) is 0 Å². The molecule has 138 valence electrons. The maximum Gasteiger partial charge on any atom is 0.258 e. The minimum Gasteiger partial charge on any atom is -0.334 e. The highest BCUT2D eigenvalue weighted by molar-refractivity contribution is 5.81. The van der Waals surface area contributed by atoms with Crippen molar-refractivity contribution in [1.82, 2.24) is 10.1 Å². The lowest BCUT2D eigenvalue weighted by atomic mass is 9.96. The van der Waals surface area contributed by atoms with Crippen LogP contribution >= 0.6 is 0 Å². The van der Waals surface area contributed by atoms with Crippen molar-refractivity contribution < 1.29 is 9.32 Å². The Hall–Kier alpha value is -2.75. The van der Waals surface area contributed by atoms with Crippen LogP contribution in [0.15, 0.2) is 53.1 Å². The first kappa shape index (κ1) is 17.7. The monoisotopic (exact) mass is 360 g/mol. The number of benzene rings is 2. The van der Waals surface area contributed by atoms with Crippen molar-refractivity contribution in [3.8, 4) is 22.8 Å². The average Bonchev–Trinajstić information content (AvgIpc) is 3.31. The summed E-state index contributed by atoms with van der Waals surface area (Å²) in [4.78, 5) is 16.0. The number of carbonyl (C=O) groups is 1. The van der Waals surface area contributed by atoms with Crippen molar-refractivity contribution in [2.45, 2.75) is 45.4 Å². The molecule has 1 atom stereocenters. The summed E-state index contributed by atoms with van der Waals surface area (Å²) in [6, 6.07) is 16.5. The summed E-state index contributed by atoms with van der Waals surface area (Å²) in [5.41, 5.74) is 4.39. The smallest absolute Gasteiger partial charge is 0.258 e. The van der Waals surface area contributed by atoms with E-state index in [9.17, 15) is 4.79 Å². The largest absolute Gasteiger partial charge is 0.334 e. The number of aromatic nitrogens is 2. The summed E-state index contributed by atoms with van der Waals surface area (Å²) in [5, 5.41) is 4.13. The Morgan fingerprint density at radius 1 is 1.04 bits per heavy atom. The maximum atomic E-state index is 11.5. The predicted octanol–water partition coefficient (Wildman–Crippen LogP) is 5.44. The van der Waals surface area contributed by atoms with E-state index in [1.54, 1.807) is 0 Å². The van der Waals surface area contributed by atoms with Gasteiger partial charge in [0.1, 0.15) is 5.78 Å². The van der Waals surface area contributed by atoms with Gasteiger partial charge in [-0.25, -0.2) is 0 Å². The topological polar surface area (TPSA) is 56.0 Å². The van der Waals surface area contributed by atoms with Crippen LogP contribution in [-0.4, -0.2) is 15.9 Å². The van der Waals surface area contributed by atoms with Crippen LogP contribution in [0.4, 0.5) is 0 Å². The highest BCUT2D eigenvalue weighted by atomic mass is 16.5. The summed E-state index contributed by atoms with van der Waals surface area (Å²) in [6.45, 7) is 4.43. The third-order valence-corrected chi connectivity index (χ3v) is 5.16. The van der Waals surface area contributed by atoms with Gasteiger partial charge >= 0.3 is 0 Å². The van der Waals surface area contributed by atoms with Crippen molar-refractivity contribution in [2.75, 3.05) is 0 Å². The molecule has 4 rings (SSSR count). The zero-order valence-electron chi connectivity index (χ0n) is 15.8. The molecule has 1 unspecified atom stereocenters. The number of Topliss-reactive ketones (excluding diaryl/α,β-unsaturated/α-hetero) is 1. The van der Waals surface area contributed by atoms with Crippen molar-refractivity contribution in [1.29, 1.82) is 0 Å². The van der Waals surface area contributed by atoms with Crippen LogP contribution < -0.4 is 0 Å². The fraction of sp³-hybridized carbons (Fsp3) is 0.348. The van der Waals surface area contributed by atoms with Gasteiger partial charge < -0.3 is 4.52 Å². The first-order valence-corrected chi connectivity index (χ1v) is 9.63. The van der Waals surface area contributed by atoms with Gasteiger partial charge in [-0.3, -0.25) is 4.79 Å². The Balaban J connectivity index is 1.49. The van der Waals surface area contributed by atoms with Crippen molar-refractivity contribution >= 4 is 5.78 Å². The van der Waals surface area contributed by atoms with E-state index >= 15 is 0 Å². The van der Waals surface area contributed by atoms with E-state index in [0.717, 1.165) is 24.0 Å². The van der Waals surface area contributed by atoms with Gasteiger partial charge in [-0.1, -0.05) is 55.4 Å². The lowest BCUT2D eigenvalue weighted by Crippen LogP contribution is -1.94. The summed E-state index contributed by atoms with van der Waals surface area (Å²) < 4.78 is 5.46. The van der Waals surface area contributed by atoms with Gasteiger partial charge in [0.05, 0.1) is 0 Å². The highest BCUT2D eigenvalue weighted by Gasteiger charge is 2.23. The van der Waals surface area contributed by atoms with Gasteiger partial charge in [0.15, 0.2) is 0 Å². The fourth-order valence-electron chi connectivity index (χ4n) is 3.72. The van der Waals surface area contributed by atoms with Gasteiger partial charge in [-0.05, 0) is 47.9 Å². The molecule has 1 aromatic heterocycles. The Bertz CT molecular complexity index is 924.